The number of pyridine rings is 1. The number of aromatic nitrogens is 5. The molecule has 2 fully saturated rings. The van der Waals surface area contributed by atoms with Crippen molar-refractivity contribution in [3.05, 3.63) is 71.0 Å². The Bertz CT molecular complexity index is 1900. The molecule has 0 spiro atoms. The van der Waals surface area contributed by atoms with Crippen LogP contribution >= 0.6 is 11.6 Å². The molecule has 49 heavy (non-hydrogen) atoms. The predicted molar refractivity (Wildman–Crippen MR) is 172 cm³/mol. The number of hydrogen-bond acceptors (Lipinski definition) is 9. The molecule has 2 aliphatic rings. The fourth-order valence-corrected chi connectivity index (χ4v) is 6.14. The minimum absolute atomic E-state index is 0.0233. The van der Waals surface area contributed by atoms with E-state index in [1.165, 1.54) is 48.1 Å². The number of rotatable bonds is 6. The molecular formula is C31H32ClF3N10O4. The molecule has 18 heteroatoms. The Morgan fingerprint density at radius 1 is 1.02 bits per heavy atom. The van der Waals surface area contributed by atoms with Gasteiger partial charge in [0.15, 0.2) is 17.3 Å². The first-order valence-corrected chi connectivity index (χ1v) is 15.7. The van der Waals surface area contributed by atoms with Crippen LogP contribution < -0.4 is 16.4 Å². The van der Waals surface area contributed by atoms with Gasteiger partial charge in [-0.3, -0.25) is 14.4 Å². The monoisotopic (exact) mass is 700 g/mol. The van der Waals surface area contributed by atoms with E-state index in [-0.39, 0.29) is 77.2 Å². The van der Waals surface area contributed by atoms with Crippen LogP contribution in [0.25, 0.3) is 17.1 Å². The fourth-order valence-electron chi connectivity index (χ4n) is 5.88. The summed E-state index contributed by atoms with van der Waals surface area (Å²) in [4.78, 5) is 50.6. The maximum Gasteiger partial charge on any atom is 0.435 e. The van der Waals surface area contributed by atoms with Crippen molar-refractivity contribution in [3.8, 4) is 17.1 Å². The molecule has 2 saturated heterocycles. The summed E-state index contributed by atoms with van der Waals surface area (Å²) in [5, 5.41) is 20.3. The first-order valence-electron chi connectivity index (χ1n) is 15.3. The molecule has 0 unspecified atom stereocenters. The van der Waals surface area contributed by atoms with E-state index in [2.05, 4.69) is 25.7 Å². The van der Waals surface area contributed by atoms with Crippen molar-refractivity contribution in [2.75, 3.05) is 50.3 Å². The molecule has 2 aliphatic heterocycles. The number of imidazole rings is 1. The van der Waals surface area contributed by atoms with Crippen molar-refractivity contribution < 1.29 is 32.7 Å². The third-order valence-corrected chi connectivity index (χ3v) is 8.91. The molecule has 6 rings (SSSR count). The predicted octanol–water partition coefficient (Wildman–Crippen LogP) is 2.57. The number of carbonyl (C=O) groups excluding carboxylic acids is 3. The standard InChI is InChI=1S/C31H32ClF3N10O4/c1-42-23(21-17-45(41-25(21)31(33,34)35)24-5-2-18(36)15-38-24)16-39-26(42)27(46)40-19-3-4-20(22(32)14-19)28(47)43-10-12-44(13-11-43)29(48)30(49)6-8-37-9-7-30/h2-5,14-17,37,49H,6-13,36H2,1H3,(H,40,46). The highest BCUT2D eigenvalue weighted by atomic mass is 35.5. The number of anilines is 2. The van der Waals surface area contributed by atoms with Gasteiger partial charge in [-0.25, -0.2) is 14.6 Å². The molecule has 0 aliphatic carbocycles. The van der Waals surface area contributed by atoms with Crippen molar-refractivity contribution in [2.45, 2.75) is 24.6 Å². The van der Waals surface area contributed by atoms with Gasteiger partial charge in [-0.1, -0.05) is 11.6 Å². The third kappa shape index (κ3) is 6.81. The van der Waals surface area contributed by atoms with Crippen molar-refractivity contribution in [2.24, 2.45) is 7.05 Å². The maximum absolute atomic E-state index is 14.0. The Hall–Kier alpha value is -5.00. The number of amides is 3. The van der Waals surface area contributed by atoms with Gasteiger partial charge in [0.05, 0.1) is 39.9 Å². The van der Waals surface area contributed by atoms with Crippen LogP contribution in [0.4, 0.5) is 24.5 Å². The van der Waals surface area contributed by atoms with Crippen LogP contribution in [0.2, 0.25) is 5.02 Å². The van der Waals surface area contributed by atoms with Gasteiger partial charge in [-0.2, -0.15) is 18.3 Å². The highest BCUT2D eigenvalue weighted by molar-refractivity contribution is 6.34. The lowest BCUT2D eigenvalue weighted by molar-refractivity contribution is -0.155. The summed E-state index contributed by atoms with van der Waals surface area (Å²) < 4.78 is 44.2. The number of hydrogen-bond donors (Lipinski definition) is 4. The van der Waals surface area contributed by atoms with Crippen LogP contribution in [0.15, 0.2) is 48.9 Å². The minimum atomic E-state index is -4.82. The number of nitrogens with two attached hydrogens (primary N) is 1. The zero-order valence-electron chi connectivity index (χ0n) is 26.2. The number of nitrogen functional groups attached to an aromatic ring is 1. The van der Waals surface area contributed by atoms with E-state index in [9.17, 15) is 32.7 Å². The molecule has 3 amide bonds. The van der Waals surface area contributed by atoms with Gasteiger partial charge in [0.1, 0.15) is 5.60 Å². The summed E-state index contributed by atoms with van der Waals surface area (Å²) in [6.45, 7) is 2.14. The highest BCUT2D eigenvalue weighted by Gasteiger charge is 2.41. The average Bonchev–Trinajstić information content (AvgIpc) is 3.69. The SMILES string of the molecule is Cn1c(-c2cn(-c3ccc(N)cn3)nc2C(F)(F)F)cnc1C(=O)Nc1ccc(C(=O)N2CCN(C(=O)C3(O)CCNCC3)CC2)c(Cl)c1. The van der Waals surface area contributed by atoms with Crippen LogP contribution in [0, 0.1) is 0 Å². The number of carbonyl (C=O) groups is 3. The number of nitrogens with zero attached hydrogens (tertiary/aromatic N) is 7. The van der Waals surface area contributed by atoms with Gasteiger partial charge in [0, 0.05) is 45.1 Å². The summed E-state index contributed by atoms with van der Waals surface area (Å²) in [6.07, 6.45) is -0.589. The van der Waals surface area contributed by atoms with Gasteiger partial charge in [0.2, 0.25) is 0 Å². The first-order chi connectivity index (χ1) is 23.2. The number of piperazine rings is 1. The largest absolute Gasteiger partial charge is 0.435 e. The molecule has 0 saturated carbocycles. The van der Waals surface area contributed by atoms with Crippen LogP contribution in [0.1, 0.15) is 39.5 Å². The van der Waals surface area contributed by atoms with Crippen LogP contribution in [-0.2, 0) is 18.0 Å². The van der Waals surface area contributed by atoms with Crippen LogP contribution in [0.3, 0.4) is 0 Å². The van der Waals surface area contributed by atoms with Crippen molar-refractivity contribution >= 4 is 40.7 Å². The van der Waals surface area contributed by atoms with Gasteiger partial charge in [-0.15, -0.1) is 0 Å². The molecule has 5 heterocycles. The van der Waals surface area contributed by atoms with Crippen molar-refractivity contribution in [3.63, 3.8) is 0 Å². The quantitative estimate of drug-likeness (QED) is 0.236. The minimum Gasteiger partial charge on any atom is -0.397 e. The number of alkyl halides is 3. The number of halogens is 4. The average molecular weight is 701 g/mol. The Balaban J connectivity index is 1.13. The van der Waals surface area contributed by atoms with Gasteiger partial charge in [-0.05, 0) is 56.3 Å². The molecule has 5 N–H and O–H groups in total. The normalized spacial score (nSPS) is 16.4. The number of benzene rings is 1. The summed E-state index contributed by atoms with van der Waals surface area (Å²) in [5.41, 5.74) is 3.43. The maximum atomic E-state index is 14.0. The third-order valence-electron chi connectivity index (χ3n) is 8.60. The molecular weight excluding hydrogens is 669 g/mol. The summed E-state index contributed by atoms with van der Waals surface area (Å²) in [7, 11) is 1.39. The number of nitrogens with one attached hydrogen (secondary N) is 2. The fraction of sp³-hybridized carbons (Fsp3) is 0.355. The molecule has 0 atom stereocenters. The zero-order chi connectivity index (χ0) is 35.1. The lowest BCUT2D eigenvalue weighted by Crippen LogP contribution is -2.59. The van der Waals surface area contributed by atoms with E-state index in [0.29, 0.717) is 31.6 Å². The molecule has 14 nitrogen and oxygen atoms in total. The van der Waals surface area contributed by atoms with Gasteiger partial charge < -0.3 is 35.8 Å². The smallest absolute Gasteiger partial charge is 0.397 e. The van der Waals surface area contributed by atoms with Crippen molar-refractivity contribution in [1.82, 2.24) is 39.4 Å². The van der Waals surface area contributed by atoms with Crippen LogP contribution in [-0.4, -0.2) is 102 Å². The topological polar surface area (TPSA) is 177 Å². The molecule has 258 valence electrons. The molecule has 0 bridgehead atoms. The van der Waals surface area contributed by atoms with Gasteiger partial charge in [0.25, 0.3) is 17.7 Å². The Kier molecular flexibility index (Phi) is 9.08. The molecule has 0 radical (unpaired) electrons. The lowest BCUT2D eigenvalue weighted by atomic mass is 9.90. The lowest BCUT2D eigenvalue weighted by Gasteiger charge is -2.40. The van der Waals surface area contributed by atoms with Gasteiger partial charge >= 0.3 is 6.18 Å². The van der Waals surface area contributed by atoms with E-state index >= 15 is 0 Å². The second-order valence-corrected chi connectivity index (χ2v) is 12.2. The van der Waals surface area contributed by atoms with E-state index in [1.807, 2.05) is 0 Å². The summed E-state index contributed by atoms with van der Waals surface area (Å²) >= 11 is 6.46. The molecule has 1 aromatic carbocycles. The molecule has 3 aromatic heterocycles. The van der Waals surface area contributed by atoms with E-state index in [1.54, 1.807) is 9.80 Å². The first kappa shape index (κ1) is 33.9. The van der Waals surface area contributed by atoms with Crippen molar-refractivity contribution in [1.29, 1.82) is 0 Å². The number of aliphatic hydroxyl groups is 1. The second-order valence-electron chi connectivity index (χ2n) is 11.8. The Morgan fingerprint density at radius 3 is 2.35 bits per heavy atom. The number of piperidine rings is 1. The van der Waals surface area contributed by atoms with E-state index in [0.717, 1.165) is 17.1 Å². The van der Waals surface area contributed by atoms with Crippen LogP contribution in [0.5, 0.6) is 0 Å². The Labute approximate surface area is 282 Å². The Morgan fingerprint density at radius 2 is 1.71 bits per heavy atom. The molecule has 4 aromatic rings. The summed E-state index contributed by atoms with van der Waals surface area (Å²) in [6, 6.07) is 7.21. The zero-order valence-corrected chi connectivity index (χ0v) is 26.9. The van der Waals surface area contributed by atoms with E-state index in [4.69, 9.17) is 17.3 Å². The second kappa shape index (κ2) is 13.1. The highest BCUT2D eigenvalue weighted by Crippen LogP contribution is 2.37. The summed E-state index contributed by atoms with van der Waals surface area (Å²) in [5.74, 6) is -1.51. The van der Waals surface area contributed by atoms with E-state index < -0.39 is 23.4 Å².